The molecule has 0 saturated heterocycles. The van der Waals surface area contributed by atoms with Gasteiger partial charge in [0.15, 0.2) is 23.0 Å². The smallest absolute Gasteiger partial charge is 0.161 e. The summed E-state index contributed by atoms with van der Waals surface area (Å²) in [4.78, 5) is 2.53. The Labute approximate surface area is 496 Å². The molecule has 81 heavy (non-hydrogen) atoms. The summed E-state index contributed by atoms with van der Waals surface area (Å²) in [6, 6.07) is 21.6. The van der Waals surface area contributed by atoms with E-state index in [1.807, 2.05) is 33.8 Å². The van der Waals surface area contributed by atoms with E-state index < -0.39 is 0 Å². The summed E-state index contributed by atoms with van der Waals surface area (Å²) in [5, 5.41) is 3.65. The van der Waals surface area contributed by atoms with Crippen LogP contribution in [0.2, 0.25) is 0 Å². The van der Waals surface area contributed by atoms with E-state index in [-0.39, 0.29) is 0 Å². The van der Waals surface area contributed by atoms with Gasteiger partial charge >= 0.3 is 0 Å². The molecule has 0 aliphatic heterocycles. The summed E-state index contributed by atoms with van der Waals surface area (Å²) in [7, 11) is 0. The Kier molecular flexibility index (Phi) is 36.4. The second-order valence-corrected chi connectivity index (χ2v) is 22.9. The molecular formula is C75H112N2O4. The number of nitrogens with zero attached hydrogens (tertiary/aromatic N) is 1. The third kappa shape index (κ3) is 32.6. The summed E-state index contributed by atoms with van der Waals surface area (Å²) in [6.07, 6.45) is 40.2. The highest BCUT2D eigenvalue weighted by atomic mass is 16.5. The van der Waals surface area contributed by atoms with E-state index in [0.717, 1.165) is 139 Å². The Hall–Kier alpha value is -5.56. The van der Waals surface area contributed by atoms with Gasteiger partial charge in [0.2, 0.25) is 0 Å². The molecule has 0 aliphatic rings. The molecule has 0 heterocycles. The first-order valence-corrected chi connectivity index (χ1v) is 31.3. The second kappa shape index (κ2) is 42.3. The SMILES string of the molecule is CCOc1ccc(CNCc2cccc(CN(C/C=C(\C)CC/C=C(\C)CC/C=C(\C)CC/C=C(\C)CC/C=C(\C)CC/C=C(\C)CC/C=C(\C)CC/C=C(\C)CCC=C(C)C)Cc3ccc(OCC)c(OCC)c3)c2)cc1OCC. The molecule has 0 aliphatic carbocycles. The Balaban J connectivity index is 1.44. The molecule has 0 bridgehead atoms. The van der Waals surface area contributed by atoms with E-state index in [9.17, 15) is 0 Å². The van der Waals surface area contributed by atoms with E-state index in [1.54, 1.807) is 0 Å². The maximum absolute atomic E-state index is 6.03. The lowest BCUT2D eigenvalue weighted by Crippen LogP contribution is -2.23. The van der Waals surface area contributed by atoms with Crippen molar-refractivity contribution in [2.75, 3.05) is 33.0 Å². The molecule has 0 spiro atoms. The molecule has 6 heteroatoms. The van der Waals surface area contributed by atoms with Crippen LogP contribution in [-0.4, -0.2) is 37.9 Å². The molecule has 6 nitrogen and oxygen atoms in total. The monoisotopic (exact) mass is 1100 g/mol. The van der Waals surface area contributed by atoms with Gasteiger partial charge in [-0.25, -0.2) is 0 Å². The van der Waals surface area contributed by atoms with Gasteiger partial charge in [-0.2, -0.15) is 0 Å². The Morgan fingerprint density at radius 2 is 0.642 bits per heavy atom. The Morgan fingerprint density at radius 1 is 0.346 bits per heavy atom. The van der Waals surface area contributed by atoms with Crippen molar-refractivity contribution in [3.8, 4) is 23.0 Å². The standard InChI is InChI=1S/C75H112N2O4/c1-15-78-72-48-46-69(53-74(72)80-17-3)56-76-55-68-44-27-45-70(52-68)57-77(58-71-47-49-73(79-16-2)75(54-71)81-18-4)51-50-67(14)43-26-42-66(13)41-25-40-65(12)39-24-38-64(11)37-23-36-63(10)35-22-34-62(9)33-21-32-61(8)31-20-30-60(7)29-19-28-59(5)6/h27-28,30,32,34,36,38,40,42,44-50,52-54,76H,15-26,29,31,33,35,37,39,41,43,51,55-58H2,1-14H3/b60-30+,61-32+,62-34+,63-36+,64-38+,65-40+,66-42+,67-50+. The van der Waals surface area contributed by atoms with Gasteiger partial charge in [0.1, 0.15) is 0 Å². The third-order valence-electron chi connectivity index (χ3n) is 14.7. The van der Waals surface area contributed by atoms with Crippen LogP contribution in [0.4, 0.5) is 0 Å². The molecule has 0 saturated carbocycles. The normalized spacial score (nSPS) is 13.3. The predicted molar refractivity (Wildman–Crippen MR) is 352 cm³/mol. The number of rotatable bonds is 42. The molecule has 0 atom stereocenters. The van der Waals surface area contributed by atoms with E-state index in [2.05, 4.69) is 189 Å². The first-order valence-electron chi connectivity index (χ1n) is 31.3. The molecule has 0 unspecified atom stereocenters. The average molecular weight is 1110 g/mol. The molecule has 3 aromatic carbocycles. The van der Waals surface area contributed by atoms with Gasteiger partial charge < -0.3 is 24.3 Å². The Bertz CT molecular complexity index is 2560. The number of nitrogens with one attached hydrogen (secondary N) is 1. The molecule has 1 N–H and O–H groups in total. The van der Waals surface area contributed by atoms with Gasteiger partial charge in [0.05, 0.1) is 26.4 Å². The van der Waals surface area contributed by atoms with Crippen molar-refractivity contribution in [3.05, 3.63) is 188 Å². The van der Waals surface area contributed by atoms with Crippen LogP contribution in [0.5, 0.6) is 23.0 Å². The van der Waals surface area contributed by atoms with Crippen LogP contribution in [-0.2, 0) is 26.2 Å². The van der Waals surface area contributed by atoms with Gasteiger partial charge in [-0.05, 0) is 246 Å². The number of hydrogen-bond donors (Lipinski definition) is 1. The highest BCUT2D eigenvalue weighted by Gasteiger charge is 2.12. The highest BCUT2D eigenvalue weighted by molar-refractivity contribution is 5.44. The lowest BCUT2D eigenvalue weighted by Gasteiger charge is -2.23. The lowest BCUT2D eigenvalue weighted by molar-refractivity contribution is 0.277. The first-order chi connectivity index (χ1) is 39.1. The summed E-state index contributed by atoms with van der Waals surface area (Å²) >= 11 is 0. The van der Waals surface area contributed by atoms with Crippen LogP contribution in [0, 0.1) is 0 Å². The molecular weight excluding hydrogens is 993 g/mol. The van der Waals surface area contributed by atoms with Crippen LogP contribution < -0.4 is 24.3 Å². The minimum absolute atomic E-state index is 0.595. The molecule has 0 radical (unpaired) electrons. The number of allylic oxidation sites excluding steroid dienone is 17. The van der Waals surface area contributed by atoms with Crippen molar-refractivity contribution in [2.24, 2.45) is 0 Å². The minimum atomic E-state index is 0.595. The molecule has 0 amide bonds. The molecule has 0 fully saturated rings. The van der Waals surface area contributed by atoms with E-state index >= 15 is 0 Å². The first kappa shape index (κ1) is 69.7. The van der Waals surface area contributed by atoms with Crippen LogP contribution in [0.3, 0.4) is 0 Å². The van der Waals surface area contributed by atoms with Crippen molar-refractivity contribution >= 4 is 0 Å². The summed E-state index contributed by atoms with van der Waals surface area (Å²) in [5.74, 6) is 3.20. The van der Waals surface area contributed by atoms with Crippen molar-refractivity contribution < 1.29 is 18.9 Å². The predicted octanol–water partition coefficient (Wildman–Crippen LogP) is 21.4. The summed E-state index contributed by atoms with van der Waals surface area (Å²) in [5.41, 5.74) is 18.4. The highest BCUT2D eigenvalue weighted by Crippen LogP contribution is 2.31. The van der Waals surface area contributed by atoms with Crippen molar-refractivity contribution in [1.29, 1.82) is 0 Å². The summed E-state index contributed by atoms with van der Waals surface area (Å²) < 4.78 is 23.6. The van der Waals surface area contributed by atoms with Gasteiger partial charge in [-0.3, -0.25) is 4.90 Å². The quantitative estimate of drug-likeness (QED) is 0.0571. The Morgan fingerprint density at radius 3 is 1.01 bits per heavy atom. The maximum atomic E-state index is 6.03. The van der Waals surface area contributed by atoms with Crippen molar-refractivity contribution in [3.63, 3.8) is 0 Å². The lowest BCUT2D eigenvalue weighted by atomic mass is 10.0. The van der Waals surface area contributed by atoms with Gasteiger partial charge in [-0.1, -0.05) is 141 Å². The third-order valence-corrected chi connectivity index (χ3v) is 14.7. The van der Waals surface area contributed by atoms with E-state index in [4.69, 9.17) is 18.9 Å². The molecule has 446 valence electrons. The number of benzene rings is 3. The van der Waals surface area contributed by atoms with Crippen LogP contribution >= 0.6 is 0 Å². The topological polar surface area (TPSA) is 52.2 Å². The molecule has 0 aromatic heterocycles. The zero-order chi connectivity index (χ0) is 59.0. The number of hydrogen-bond acceptors (Lipinski definition) is 6. The van der Waals surface area contributed by atoms with E-state index in [1.165, 1.54) is 91.7 Å². The fraction of sp³-hybridized carbons (Fsp3) is 0.520. The number of ether oxygens (including phenoxy) is 4. The fourth-order valence-corrected chi connectivity index (χ4v) is 9.80. The average Bonchev–Trinajstić information content (AvgIpc) is 3.42. The zero-order valence-electron chi connectivity index (χ0n) is 53.7. The largest absolute Gasteiger partial charge is 0.490 e. The van der Waals surface area contributed by atoms with Crippen LogP contribution in [0.1, 0.15) is 222 Å². The summed E-state index contributed by atoms with van der Waals surface area (Å²) in [6.45, 7) is 37.2. The molecule has 3 aromatic rings. The van der Waals surface area contributed by atoms with Crippen LogP contribution in [0.25, 0.3) is 0 Å². The molecule has 3 rings (SSSR count). The zero-order valence-corrected chi connectivity index (χ0v) is 53.7. The van der Waals surface area contributed by atoms with E-state index in [0.29, 0.717) is 26.4 Å². The van der Waals surface area contributed by atoms with Gasteiger partial charge in [0.25, 0.3) is 0 Å². The van der Waals surface area contributed by atoms with Gasteiger partial charge in [0, 0.05) is 32.7 Å². The maximum Gasteiger partial charge on any atom is 0.161 e. The van der Waals surface area contributed by atoms with Gasteiger partial charge in [-0.15, -0.1) is 0 Å². The fourth-order valence-electron chi connectivity index (χ4n) is 9.80. The minimum Gasteiger partial charge on any atom is -0.490 e. The van der Waals surface area contributed by atoms with Crippen molar-refractivity contribution in [1.82, 2.24) is 10.2 Å². The van der Waals surface area contributed by atoms with Crippen LogP contribution in [0.15, 0.2) is 166 Å². The second-order valence-electron chi connectivity index (χ2n) is 22.9. The van der Waals surface area contributed by atoms with Crippen molar-refractivity contribution in [2.45, 2.75) is 226 Å².